The average molecular weight is 265 g/mol. The molecule has 6 nitrogen and oxygen atoms in total. The molecular weight excluding hydrogens is 253 g/mol. The van der Waals surface area contributed by atoms with E-state index in [-0.39, 0.29) is 30.8 Å². The zero-order valence-electron chi connectivity index (χ0n) is 10.2. The third kappa shape index (κ3) is 3.59. The topological polar surface area (TPSA) is 77.2 Å². The molecule has 0 radical (unpaired) electrons. The molecule has 1 N–H and O–H groups in total. The number of rotatable bonds is 5. The monoisotopic (exact) mass is 265 g/mol. The van der Waals surface area contributed by atoms with Crippen molar-refractivity contribution in [2.24, 2.45) is 0 Å². The molecule has 19 heavy (non-hydrogen) atoms. The van der Waals surface area contributed by atoms with Crippen LogP contribution in [0.25, 0.3) is 11.5 Å². The molecular formula is C12H12FN3O3. The quantitative estimate of drug-likeness (QED) is 0.877. The molecule has 0 aliphatic carbocycles. The van der Waals surface area contributed by atoms with Crippen LogP contribution in [0.15, 0.2) is 28.8 Å². The van der Waals surface area contributed by atoms with E-state index < -0.39 is 0 Å². The van der Waals surface area contributed by atoms with Crippen molar-refractivity contribution in [3.05, 3.63) is 35.9 Å². The van der Waals surface area contributed by atoms with Gasteiger partial charge in [-0.3, -0.25) is 4.79 Å². The number of carbonyl (C=O) groups excluding carboxylic acids is 1. The Morgan fingerprint density at radius 3 is 2.84 bits per heavy atom. The summed E-state index contributed by atoms with van der Waals surface area (Å²) in [6.07, 6.45) is 0. The lowest BCUT2D eigenvalue weighted by molar-refractivity contribution is -0.124. The molecule has 0 spiro atoms. The van der Waals surface area contributed by atoms with Crippen LogP contribution in [0.1, 0.15) is 5.82 Å². The number of nitrogens with one attached hydrogen (secondary N) is 1. The Labute approximate surface area is 108 Å². The first kappa shape index (κ1) is 13.2. The minimum absolute atomic E-state index is 0.0251. The number of benzene rings is 1. The zero-order valence-corrected chi connectivity index (χ0v) is 10.2. The lowest BCUT2D eigenvalue weighted by atomic mass is 10.2. The Hall–Kier alpha value is -2.28. The maximum Gasteiger partial charge on any atom is 0.257 e. The molecule has 0 atom stereocenters. The van der Waals surface area contributed by atoms with Gasteiger partial charge in [-0.1, -0.05) is 5.16 Å². The van der Waals surface area contributed by atoms with E-state index in [0.29, 0.717) is 11.4 Å². The highest BCUT2D eigenvalue weighted by Crippen LogP contribution is 2.17. The van der Waals surface area contributed by atoms with Crippen molar-refractivity contribution in [1.82, 2.24) is 15.5 Å². The summed E-state index contributed by atoms with van der Waals surface area (Å²) in [4.78, 5) is 15.3. The standard InChI is InChI=1S/C12H12FN3O3/c1-18-7-11(17)14-6-10-15-12(19-16-10)8-2-4-9(13)5-3-8/h2-5H,6-7H2,1H3,(H,14,17). The molecule has 1 aromatic heterocycles. The second-order valence-corrected chi connectivity index (χ2v) is 3.73. The summed E-state index contributed by atoms with van der Waals surface area (Å²) in [5.74, 6) is 0.00529. The average Bonchev–Trinajstić information content (AvgIpc) is 2.86. The van der Waals surface area contributed by atoms with Gasteiger partial charge in [-0.05, 0) is 24.3 Å². The maximum absolute atomic E-state index is 12.8. The van der Waals surface area contributed by atoms with Gasteiger partial charge in [-0.15, -0.1) is 0 Å². The highest BCUT2D eigenvalue weighted by molar-refractivity contribution is 5.77. The van der Waals surface area contributed by atoms with Gasteiger partial charge in [-0.25, -0.2) is 4.39 Å². The summed E-state index contributed by atoms with van der Waals surface area (Å²) in [6, 6.07) is 5.69. The second kappa shape index (κ2) is 6.05. The van der Waals surface area contributed by atoms with Crippen LogP contribution < -0.4 is 5.32 Å². The van der Waals surface area contributed by atoms with Crippen LogP contribution in [0.4, 0.5) is 4.39 Å². The van der Waals surface area contributed by atoms with Crippen LogP contribution in [0.5, 0.6) is 0 Å². The van der Waals surface area contributed by atoms with E-state index in [0.717, 1.165) is 0 Å². The van der Waals surface area contributed by atoms with Crippen LogP contribution in [0.2, 0.25) is 0 Å². The second-order valence-electron chi connectivity index (χ2n) is 3.73. The number of ether oxygens (including phenoxy) is 1. The molecule has 0 aliphatic heterocycles. The Kier molecular flexibility index (Phi) is 4.19. The summed E-state index contributed by atoms with van der Waals surface area (Å²) >= 11 is 0. The lowest BCUT2D eigenvalue weighted by Crippen LogP contribution is -2.26. The van der Waals surface area contributed by atoms with Crippen molar-refractivity contribution >= 4 is 5.91 Å². The molecule has 1 heterocycles. The van der Waals surface area contributed by atoms with Crippen molar-refractivity contribution < 1.29 is 18.4 Å². The first-order valence-electron chi connectivity index (χ1n) is 5.53. The van der Waals surface area contributed by atoms with E-state index >= 15 is 0 Å². The highest BCUT2D eigenvalue weighted by Gasteiger charge is 2.09. The molecule has 0 saturated carbocycles. The van der Waals surface area contributed by atoms with Gasteiger partial charge in [0.25, 0.3) is 5.89 Å². The maximum atomic E-state index is 12.8. The fourth-order valence-corrected chi connectivity index (χ4v) is 1.40. The number of hydrogen-bond acceptors (Lipinski definition) is 5. The largest absolute Gasteiger partial charge is 0.375 e. The first-order valence-corrected chi connectivity index (χ1v) is 5.53. The van der Waals surface area contributed by atoms with E-state index in [4.69, 9.17) is 4.52 Å². The normalized spacial score (nSPS) is 10.4. The van der Waals surface area contributed by atoms with Gasteiger partial charge < -0.3 is 14.6 Å². The number of halogens is 1. The van der Waals surface area contributed by atoms with E-state index in [1.807, 2.05) is 0 Å². The molecule has 0 bridgehead atoms. The van der Waals surface area contributed by atoms with Crippen LogP contribution in [-0.2, 0) is 16.1 Å². The molecule has 7 heteroatoms. The third-order valence-corrected chi connectivity index (χ3v) is 2.28. The van der Waals surface area contributed by atoms with Crippen LogP contribution >= 0.6 is 0 Å². The van der Waals surface area contributed by atoms with Crippen molar-refractivity contribution in [2.45, 2.75) is 6.54 Å². The number of amides is 1. The molecule has 0 saturated heterocycles. The lowest BCUT2D eigenvalue weighted by Gasteiger charge is -1.99. The fraction of sp³-hybridized carbons (Fsp3) is 0.250. The smallest absolute Gasteiger partial charge is 0.257 e. The van der Waals surface area contributed by atoms with Crippen molar-refractivity contribution in [2.75, 3.05) is 13.7 Å². The zero-order chi connectivity index (χ0) is 13.7. The molecule has 0 unspecified atom stereocenters. The number of aromatic nitrogens is 2. The number of hydrogen-bond donors (Lipinski definition) is 1. The number of carbonyl (C=O) groups is 1. The van der Waals surface area contributed by atoms with Gasteiger partial charge in [0, 0.05) is 12.7 Å². The summed E-state index contributed by atoms with van der Waals surface area (Å²) in [5, 5.41) is 6.28. The van der Waals surface area contributed by atoms with Gasteiger partial charge in [0.15, 0.2) is 5.82 Å². The van der Waals surface area contributed by atoms with Crippen LogP contribution in [0, 0.1) is 5.82 Å². The molecule has 1 amide bonds. The van der Waals surface area contributed by atoms with Crippen molar-refractivity contribution in [3.8, 4) is 11.5 Å². The van der Waals surface area contributed by atoms with Gasteiger partial charge in [0.05, 0.1) is 6.54 Å². The number of methoxy groups -OCH3 is 1. The molecule has 2 aromatic rings. The van der Waals surface area contributed by atoms with E-state index in [2.05, 4.69) is 20.2 Å². The molecule has 0 fully saturated rings. The van der Waals surface area contributed by atoms with Crippen LogP contribution in [-0.4, -0.2) is 29.8 Å². The van der Waals surface area contributed by atoms with Crippen molar-refractivity contribution in [3.63, 3.8) is 0 Å². The molecule has 1 aromatic carbocycles. The van der Waals surface area contributed by atoms with Gasteiger partial charge in [-0.2, -0.15) is 4.98 Å². The predicted molar refractivity (Wildman–Crippen MR) is 63.4 cm³/mol. The number of nitrogens with zero attached hydrogens (tertiary/aromatic N) is 2. The Morgan fingerprint density at radius 1 is 1.42 bits per heavy atom. The highest BCUT2D eigenvalue weighted by atomic mass is 19.1. The predicted octanol–water partition coefficient (Wildman–Crippen LogP) is 1.14. The van der Waals surface area contributed by atoms with E-state index in [1.54, 1.807) is 0 Å². The summed E-state index contributed by atoms with van der Waals surface area (Å²) in [5.41, 5.74) is 0.614. The van der Waals surface area contributed by atoms with Gasteiger partial charge in [0.2, 0.25) is 5.91 Å². The van der Waals surface area contributed by atoms with Gasteiger partial charge >= 0.3 is 0 Å². The van der Waals surface area contributed by atoms with Crippen molar-refractivity contribution in [1.29, 1.82) is 0 Å². The Morgan fingerprint density at radius 2 is 2.16 bits per heavy atom. The van der Waals surface area contributed by atoms with Gasteiger partial charge in [0.1, 0.15) is 12.4 Å². The summed E-state index contributed by atoms with van der Waals surface area (Å²) in [7, 11) is 1.43. The minimum atomic E-state index is -0.338. The fourth-order valence-electron chi connectivity index (χ4n) is 1.40. The minimum Gasteiger partial charge on any atom is -0.375 e. The Bertz CT molecular complexity index is 554. The van der Waals surface area contributed by atoms with E-state index in [1.165, 1.54) is 31.4 Å². The molecule has 0 aliphatic rings. The first-order chi connectivity index (χ1) is 9.19. The summed E-state index contributed by atoms with van der Waals surface area (Å²) < 4.78 is 22.4. The van der Waals surface area contributed by atoms with E-state index in [9.17, 15) is 9.18 Å². The molecule has 2 rings (SSSR count). The summed E-state index contributed by atoms with van der Waals surface area (Å²) in [6.45, 7) is 0.121. The Balaban J connectivity index is 1.99. The molecule has 100 valence electrons. The van der Waals surface area contributed by atoms with Crippen LogP contribution in [0.3, 0.4) is 0 Å². The third-order valence-electron chi connectivity index (χ3n) is 2.28. The SMILES string of the molecule is COCC(=O)NCc1noc(-c2ccc(F)cc2)n1.